The number of nitrogens with one attached hydrogen (secondary N) is 1. The lowest BCUT2D eigenvalue weighted by molar-refractivity contribution is 0.0790. The van der Waals surface area contributed by atoms with Crippen molar-refractivity contribution >= 4 is 17.4 Å². The molecule has 0 saturated carbocycles. The highest BCUT2D eigenvalue weighted by atomic mass is 16.3. The molecular weight excluding hydrogens is 344 g/mol. The Morgan fingerprint density at radius 2 is 2.11 bits per heavy atom. The van der Waals surface area contributed by atoms with Crippen LogP contribution in [0, 0.1) is 5.92 Å². The van der Waals surface area contributed by atoms with Crippen molar-refractivity contribution in [2.45, 2.75) is 26.4 Å². The summed E-state index contributed by atoms with van der Waals surface area (Å²) in [7, 11) is 0. The molecule has 2 aromatic rings. The minimum atomic E-state index is -0.288. The first-order chi connectivity index (χ1) is 13.0. The molecule has 3 heterocycles. The van der Waals surface area contributed by atoms with Crippen molar-refractivity contribution in [2.24, 2.45) is 5.92 Å². The van der Waals surface area contributed by atoms with E-state index in [0.717, 1.165) is 45.0 Å². The van der Waals surface area contributed by atoms with Crippen molar-refractivity contribution < 1.29 is 14.3 Å². The molecule has 0 bridgehead atoms. The van der Waals surface area contributed by atoms with Crippen molar-refractivity contribution in [3.8, 4) is 0 Å². The van der Waals surface area contributed by atoms with E-state index in [-0.39, 0.29) is 23.7 Å². The maximum atomic E-state index is 12.0. The summed E-state index contributed by atoms with van der Waals surface area (Å²) in [6.07, 6.45) is 3.89. The Bertz CT molecular complexity index is 715. The van der Waals surface area contributed by atoms with Crippen LogP contribution < -0.4 is 10.2 Å². The average Bonchev–Trinajstić information content (AvgIpc) is 3.10. The van der Waals surface area contributed by atoms with Crippen molar-refractivity contribution in [3.63, 3.8) is 0 Å². The summed E-state index contributed by atoms with van der Waals surface area (Å²) in [5, 5.41) is 12.9. The fourth-order valence-corrected chi connectivity index (χ4v) is 3.11. The summed E-state index contributed by atoms with van der Waals surface area (Å²) in [6, 6.07) is 7.08. The van der Waals surface area contributed by atoms with Crippen LogP contribution in [0.15, 0.2) is 41.1 Å². The van der Waals surface area contributed by atoms with Crippen LogP contribution in [0.3, 0.4) is 0 Å². The van der Waals surface area contributed by atoms with Crippen LogP contribution in [-0.2, 0) is 0 Å². The van der Waals surface area contributed by atoms with Crippen molar-refractivity contribution in [1.82, 2.24) is 9.88 Å². The Morgan fingerprint density at radius 1 is 1.26 bits per heavy atom. The van der Waals surface area contributed by atoms with Gasteiger partial charge in [0.15, 0.2) is 5.76 Å². The van der Waals surface area contributed by atoms with Gasteiger partial charge in [-0.2, -0.15) is 0 Å². The van der Waals surface area contributed by atoms with Gasteiger partial charge in [0.05, 0.1) is 24.3 Å². The minimum absolute atomic E-state index is 0.273. The highest BCUT2D eigenvalue weighted by Gasteiger charge is 2.19. The van der Waals surface area contributed by atoms with Crippen molar-refractivity contribution in [3.05, 3.63) is 42.5 Å². The second kappa shape index (κ2) is 9.01. The van der Waals surface area contributed by atoms with Gasteiger partial charge >= 0.3 is 0 Å². The quantitative estimate of drug-likeness (QED) is 0.811. The number of aliphatic hydroxyl groups is 1. The first kappa shape index (κ1) is 19.4. The summed E-state index contributed by atoms with van der Waals surface area (Å²) >= 11 is 0. The fourth-order valence-electron chi connectivity index (χ4n) is 3.11. The Kier molecular flexibility index (Phi) is 6.47. The van der Waals surface area contributed by atoms with Gasteiger partial charge in [-0.1, -0.05) is 13.8 Å². The van der Waals surface area contributed by atoms with Gasteiger partial charge in [0, 0.05) is 26.2 Å². The number of rotatable bonds is 6. The molecule has 146 valence electrons. The Morgan fingerprint density at radius 3 is 2.78 bits per heavy atom. The maximum absolute atomic E-state index is 12.0. The number of β-amino-alcohol motifs (C(OH)–C–C–N with tert-alkyl or cyclic N) is 1. The number of carbonyl (C=O) groups excluding carboxylic acids is 1. The lowest BCUT2D eigenvalue weighted by atomic mass is 10.1. The van der Waals surface area contributed by atoms with Crippen LogP contribution in [0.1, 0.15) is 30.8 Å². The van der Waals surface area contributed by atoms with Crippen LogP contribution in [-0.4, -0.2) is 59.7 Å². The first-order valence-corrected chi connectivity index (χ1v) is 9.49. The number of anilines is 2. The Balaban J connectivity index is 1.55. The molecule has 0 aliphatic carbocycles. The normalized spacial score (nSPS) is 17.0. The molecule has 1 atom stereocenters. The summed E-state index contributed by atoms with van der Waals surface area (Å²) in [5.74, 6) is 1.16. The second-order valence-electron chi connectivity index (χ2n) is 7.29. The van der Waals surface area contributed by atoms with Crippen LogP contribution in [0.4, 0.5) is 11.5 Å². The topological polar surface area (TPSA) is 81.8 Å². The van der Waals surface area contributed by atoms with Crippen LogP contribution in [0.5, 0.6) is 0 Å². The third-order valence-corrected chi connectivity index (χ3v) is 4.88. The third kappa shape index (κ3) is 5.30. The average molecular weight is 372 g/mol. The lowest BCUT2D eigenvalue weighted by Gasteiger charge is -2.25. The number of furan rings is 1. The molecule has 0 spiro atoms. The molecule has 27 heavy (non-hydrogen) atoms. The number of hydrogen-bond donors (Lipinski definition) is 2. The number of carbonyl (C=O) groups is 1. The van der Waals surface area contributed by atoms with Gasteiger partial charge in [-0.25, -0.2) is 4.98 Å². The number of aliphatic hydroxyl groups excluding tert-OH is 1. The Labute approximate surface area is 160 Å². The van der Waals surface area contributed by atoms with Crippen molar-refractivity contribution in [1.29, 1.82) is 0 Å². The largest absolute Gasteiger partial charge is 0.459 e. The van der Waals surface area contributed by atoms with Gasteiger partial charge in [-0.3, -0.25) is 9.69 Å². The molecule has 1 amide bonds. The van der Waals surface area contributed by atoms with E-state index in [1.54, 1.807) is 18.3 Å². The molecule has 0 aromatic carbocycles. The predicted molar refractivity (Wildman–Crippen MR) is 105 cm³/mol. The zero-order chi connectivity index (χ0) is 19.2. The molecule has 3 rings (SSSR count). The highest BCUT2D eigenvalue weighted by Crippen LogP contribution is 2.17. The third-order valence-electron chi connectivity index (χ3n) is 4.88. The molecule has 0 unspecified atom stereocenters. The molecular formula is C20H28N4O3. The van der Waals surface area contributed by atoms with Gasteiger partial charge in [-0.05, 0) is 43.1 Å². The van der Waals surface area contributed by atoms with E-state index in [1.165, 1.54) is 6.26 Å². The van der Waals surface area contributed by atoms with Crippen LogP contribution in [0.25, 0.3) is 0 Å². The van der Waals surface area contributed by atoms with Gasteiger partial charge < -0.3 is 19.7 Å². The number of aromatic nitrogens is 1. The van der Waals surface area contributed by atoms with E-state index < -0.39 is 0 Å². The summed E-state index contributed by atoms with van der Waals surface area (Å²) < 4.78 is 5.09. The molecule has 1 fully saturated rings. The SMILES string of the molecule is CC(C)[C@@H](O)CN1CCCN(c2ccc(NC(=O)c3ccco3)cn2)CC1. The van der Waals surface area contributed by atoms with E-state index in [0.29, 0.717) is 5.69 Å². The maximum Gasteiger partial charge on any atom is 0.291 e. The van der Waals surface area contributed by atoms with Gasteiger partial charge in [0.1, 0.15) is 5.82 Å². The summed E-state index contributed by atoms with van der Waals surface area (Å²) in [4.78, 5) is 21.1. The van der Waals surface area contributed by atoms with E-state index in [2.05, 4.69) is 20.1 Å². The molecule has 0 radical (unpaired) electrons. The summed E-state index contributed by atoms with van der Waals surface area (Å²) in [5.41, 5.74) is 0.636. The molecule has 1 saturated heterocycles. The van der Waals surface area contributed by atoms with Crippen LogP contribution >= 0.6 is 0 Å². The van der Waals surface area contributed by atoms with Crippen LogP contribution in [0.2, 0.25) is 0 Å². The van der Waals surface area contributed by atoms with E-state index in [1.807, 2.05) is 26.0 Å². The minimum Gasteiger partial charge on any atom is -0.459 e. The number of nitrogens with zero attached hydrogens (tertiary/aromatic N) is 3. The monoisotopic (exact) mass is 372 g/mol. The van der Waals surface area contributed by atoms with Gasteiger partial charge in [0.2, 0.25) is 0 Å². The molecule has 7 heteroatoms. The lowest BCUT2D eigenvalue weighted by Crippen LogP contribution is -2.37. The zero-order valence-electron chi connectivity index (χ0n) is 16.0. The molecule has 2 N–H and O–H groups in total. The van der Waals surface area contributed by atoms with Gasteiger partial charge in [0.25, 0.3) is 5.91 Å². The van der Waals surface area contributed by atoms with Crippen molar-refractivity contribution in [2.75, 3.05) is 42.9 Å². The highest BCUT2D eigenvalue weighted by molar-refractivity contribution is 6.02. The first-order valence-electron chi connectivity index (χ1n) is 9.49. The van der Waals surface area contributed by atoms with Gasteiger partial charge in [-0.15, -0.1) is 0 Å². The fraction of sp³-hybridized carbons (Fsp3) is 0.500. The number of pyridine rings is 1. The van der Waals surface area contributed by atoms with E-state index >= 15 is 0 Å². The summed E-state index contributed by atoms with van der Waals surface area (Å²) in [6.45, 7) is 8.50. The molecule has 7 nitrogen and oxygen atoms in total. The second-order valence-corrected chi connectivity index (χ2v) is 7.29. The predicted octanol–water partition coefficient (Wildman–Crippen LogP) is 2.46. The number of hydrogen-bond acceptors (Lipinski definition) is 6. The molecule has 1 aliphatic heterocycles. The number of amides is 1. The Hall–Kier alpha value is -2.38. The molecule has 2 aromatic heterocycles. The zero-order valence-corrected chi connectivity index (χ0v) is 16.0. The smallest absolute Gasteiger partial charge is 0.291 e. The van der Waals surface area contributed by atoms with E-state index in [9.17, 15) is 9.90 Å². The van der Waals surface area contributed by atoms with E-state index in [4.69, 9.17) is 4.42 Å². The molecule has 1 aliphatic rings. The standard InChI is InChI=1S/C20H28N4O3/c1-15(2)17(25)14-23-8-4-9-24(11-10-23)19-7-6-16(13-21-19)22-20(26)18-5-3-12-27-18/h3,5-7,12-13,15,17,25H,4,8-11,14H2,1-2H3,(H,22,26)/t17-/m0/s1.